The summed E-state index contributed by atoms with van der Waals surface area (Å²) in [7, 11) is 1.17. The van der Waals surface area contributed by atoms with Crippen molar-refractivity contribution in [3.8, 4) is 10.7 Å². The predicted molar refractivity (Wildman–Crippen MR) is 96.5 cm³/mol. The van der Waals surface area contributed by atoms with Crippen LogP contribution in [0.5, 0.6) is 0 Å². The number of rotatable bonds is 6. The number of nitrogens with one attached hydrogen (secondary N) is 2. The van der Waals surface area contributed by atoms with Crippen molar-refractivity contribution in [2.24, 2.45) is 0 Å². The number of nitrogens with zero attached hydrogens (tertiary/aromatic N) is 3. The lowest BCUT2D eigenvalue weighted by molar-refractivity contribution is -0.384. The second-order valence-corrected chi connectivity index (χ2v) is 6.39. The Balaban J connectivity index is 1.82. The van der Waals surface area contributed by atoms with Gasteiger partial charge in [0.05, 0.1) is 34.0 Å². The Labute approximate surface area is 156 Å². The molecule has 0 radical (unpaired) electrons. The van der Waals surface area contributed by atoms with Gasteiger partial charge in [0.2, 0.25) is 0 Å². The summed E-state index contributed by atoms with van der Waals surface area (Å²) in [4.78, 5) is 27.6. The van der Waals surface area contributed by atoms with Crippen LogP contribution in [0.15, 0.2) is 29.6 Å². The number of anilines is 1. The van der Waals surface area contributed by atoms with E-state index in [1.54, 1.807) is 0 Å². The van der Waals surface area contributed by atoms with Crippen LogP contribution < -0.4 is 5.32 Å². The molecule has 11 heteroatoms. The largest absolute Gasteiger partial charge is 0.465 e. The molecule has 26 heavy (non-hydrogen) atoms. The number of hydrogen-bond donors (Lipinski definition) is 2. The Morgan fingerprint density at radius 1 is 1.50 bits per heavy atom. The third-order valence-corrected chi connectivity index (χ3v) is 4.59. The topological polar surface area (TPSA) is 123 Å². The molecule has 9 nitrogen and oxygen atoms in total. The predicted octanol–water partition coefficient (Wildman–Crippen LogP) is 3.49. The number of hydrogen-bond acceptors (Lipinski definition) is 8. The van der Waals surface area contributed by atoms with E-state index in [1.807, 2.05) is 17.5 Å². The molecule has 3 rings (SSSR count). The normalized spacial score (nSPS) is 10.5. The Kier molecular flexibility index (Phi) is 5.14. The first kappa shape index (κ1) is 17.8. The number of H-pyrrole nitrogens is 1. The standard InChI is InChI=1S/C15H12ClN5O4S/c1-25-15(22)8-5-11(21(23)24)10(6-9(8)16)17-7-13-18-14(20-19-13)12-3-2-4-26-12/h2-6,17H,7H2,1H3,(H,18,19,20). The number of ether oxygens (including phenoxy) is 1. The van der Waals surface area contributed by atoms with Crippen LogP contribution in [0.3, 0.4) is 0 Å². The molecule has 2 heterocycles. The van der Waals surface area contributed by atoms with Gasteiger partial charge in [-0.05, 0) is 17.5 Å². The number of halogens is 1. The van der Waals surface area contributed by atoms with Crippen LogP contribution in [-0.4, -0.2) is 33.2 Å². The summed E-state index contributed by atoms with van der Waals surface area (Å²) in [6.45, 7) is 0.160. The molecule has 2 N–H and O–H groups in total. The number of nitro benzene ring substituents is 1. The van der Waals surface area contributed by atoms with Gasteiger partial charge in [-0.25, -0.2) is 9.78 Å². The number of carbonyl (C=O) groups excluding carboxylic acids is 1. The Morgan fingerprint density at radius 3 is 2.96 bits per heavy atom. The molecule has 0 saturated heterocycles. The highest BCUT2D eigenvalue weighted by atomic mass is 35.5. The summed E-state index contributed by atoms with van der Waals surface area (Å²) in [6.07, 6.45) is 0. The zero-order chi connectivity index (χ0) is 18.7. The number of benzene rings is 1. The highest BCUT2D eigenvalue weighted by molar-refractivity contribution is 7.13. The number of methoxy groups -OCH3 is 1. The second-order valence-electron chi connectivity index (χ2n) is 5.03. The summed E-state index contributed by atoms with van der Waals surface area (Å²) >= 11 is 7.54. The first-order valence-electron chi connectivity index (χ1n) is 7.25. The molecule has 0 aliphatic rings. The summed E-state index contributed by atoms with van der Waals surface area (Å²) in [6, 6.07) is 6.17. The maximum Gasteiger partial charge on any atom is 0.339 e. The zero-order valence-corrected chi connectivity index (χ0v) is 14.9. The van der Waals surface area contributed by atoms with E-state index in [2.05, 4.69) is 25.2 Å². The first-order chi connectivity index (χ1) is 12.5. The molecule has 0 spiro atoms. The van der Waals surface area contributed by atoms with Crippen molar-refractivity contribution in [3.05, 3.63) is 56.2 Å². The Bertz CT molecular complexity index is 957. The van der Waals surface area contributed by atoms with Crippen molar-refractivity contribution in [1.29, 1.82) is 0 Å². The fourth-order valence-electron chi connectivity index (χ4n) is 2.19. The van der Waals surface area contributed by atoms with E-state index >= 15 is 0 Å². The van der Waals surface area contributed by atoms with E-state index in [-0.39, 0.29) is 28.5 Å². The number of esters is 1. The highest BCUT2D eigenvalue weighted by Gasteiger charge is 2.22. The summed E-state index contributed by atoms with van der Waals surface area (Å²) in [5, 5.41) is 23.0. The number of nitro groups is 1. The summed E-state index contributed by atoms with van der Waals surface area (Å²) < 4.78 is 4.57. The zero-order valence-electron chi connectivity index (χ0n) is 13.4. The van der Waals surface area contributed by atoms with Gasteiger partial charge in [-0.2, -0.15) is 5.10 Å². The lowest BCUT2D eigenvalue weighted by Gasteiger charge is -2.08. The first-order valence-corrected chi connectivity index (χ1v) is 8.50. The molecule has 2 aromatic heterocycles. The van der Waals surface area contributed by atoms with Gasteiger partial charge in [-0.15, -0.1) is 11.3 Å². The van der Waals surface area contributed by atoms with Gasteiger partial charge < -0.3 is 10.1 Å². The van der Waals surface area contributed by atoms with Crippen LogP contribution in [0.2, 0.25) is 5.02 Å². The van der Waals surface area contributed by atoms with E-state index in [9.17, 15) is 14.9 Å². The van der Waals surface area contributed by atoms with E-state index in [1.165, 1.54) is 24.5 Å². The molecule has 0 saturated carbocycles. The van der Waals surface area contributed by atoms with Crippen molar-refractivity contribution in [3.63, 3.8) is 0 Å². The molecule has 0 aliphatic heterocycles. The molecule has 1 aromatic carbocycles. The number of carbonyl (C=O) groups is 1. The van der Waals surface area contributed by atoms with Crippen LogP contribution in [0.4, 0.5) is 11.4 Å². The second kappa shape index (κ2) is 7.50. The average Bonchev–Trinajstić information content (AvgIpc) is 3.30. The molecule has 0 unspecified atom stereocenters. The lowest BCUT2D eigenvalue weighted by atomic mass is 10.1. The molecule has 0 fully saturated rings. The van der Waals surface area contributed by atoms with Crippen molar-refractivity contribution in [1.82, 2.24) is 15.2 Å². The molecular formula is C15H12ClN5O4S. The summed E-state index contributed by atoms with van der Waals surface area (Å²) in [5.74, 6) is 0.293. The SMILES string of the molecule is COC(=O)c1cc([N+](=O)[O-])c(NCc2nc(-c3cccs3)n[nH]2)cc1Cl. The number of aromatic nitrogens is 3. The molecule has 0 aliphatic carbocycles. The van der Waals surface area contributed by atoms with Gasteiger partial charge in [0, 0.05) is 6.07 Å². The highest BCUT2D eigenvalue weighted by Crippen LogP contribution is 2.32. The average molecular weight is 394 g/mol. The van der Waals surface area contributed by atoms with E-state index in [0.717, 1.165) is 10.9 Å². The quantitative estimate of drug-likeness (QED) is 0.373. The van der Waals surface area contributed by atoms with Gasteiger partial charge in [0.25, 0.3) is 5.69 Å². The van der Waals surface area contributed by atoms with E-state index in [0.29, 0.717) is 11.6 Å². The number of thiophene rings is 1. The minimum atomic E-state index is -0.750. The minimum absolute atomic E-state index is 0.0433. The Morgan fingerprint density at radius 2 is 2.31 bits per heavy atom. The summed E-state index contributed by atoms with van der Waals surface area (Å²) in [5.41, 5.74) is -0.222. The fraction of sp³-hybridized carbons (Fsp3) is 0.133. The third-order valence-electron chi connectivity index (χ3n) is 3.41. The van der Waals surface area contributed by atoms with Gasteiger partial charge >= 0.3 is 5.97 Å². The Hall–Kier alpha value is -2.98. The maximum atomic E-state index is 11.6. The molecule has 3 aromatic rings. The lowest BCUT2D eigenvalue weighted by Crippen LogP contribution is -2.08. The fourth-order valence-corrected chi connectivity index (χ4v) is 3.09. The third kappa shape index (κ3) is 3.65. The van der Waals surface area contributed by atoms with Crippen molar-refractivity contribution >= 4 is 40.3 Å². The van der Waals surface area contributed by atoms with Crippen molar-refractivity contribution < 1.29 is 14.5 Å². The smallest absolute Gasteiger partial charge is 0.339 e. The maximum absolute atomic E-state index is 11.6. The van der Waals surface area contributed by atoms with Crippen LogP contribution in [-0.2, 0) is 11.3 Å². The number of aromatic amines is 1. The van der Waals surface area contributed by atoms with E-state index < -0.39 is 10.9 Å². The van der Waals surface area contributed by atoms with Gasteiger partial charge in [0.15, 0.2) is 5.82 Å². The minimum Gasteiger partial charge on any atom is -0.465 e. The van der Waals surface area contributed by atoms with Gasteiger partial charge in [-0.1, -0.05) is 17.7 Å². The molecule has 0 atom stereocenters. The monoisotopic (exact) mass is 393 g/mol. The van der Waals surface area contributed by atoms with Crippen LogP contribution in [0.1, 0.15) is 16.2 Å². The molecule has 0 amide bonds. The van der Waals surface area contributed by atoms with Gasteiger partial charge in [-0.3, -0.25) is 15.2 Å². The van der Waals surface area contributed by atoms with Crippen LogP contribution in [0, 0.1) is 10.1 Å². The molecular weight excluding hydrogens is 382 g/mol. The molecule has 0 bridgehead atoms. The molecule has 134 valence electrons. The van der Waals surface area contributed by atoms with Gasteiger partial charge in [0.1, 0.15) is 11.5 Å². The van der Waals surface area contributed by atoms with Crippen molar-refractivity contribution in [2.45, 2.75) is 6.54 Å². The van der Waals surface area contributed by atoms with Crippen LogP contribution in [0.25, 0.3) is 10.7 Å². The van der Waals surface area contributed by atoms with Crippen molar-refractivity contribution in [2.75, 3.05) is 12.4 Å². The van der Waals surface area contributed by atoms with E-state index in [4.69, 9.17) is 11.6 Å². The van der Waals surface area contributed by atoms with Crippen LogP contribution >= 0.6 is 22.9 Å².